The Balaban J connectivity index is 1.95. The molecule has 2 aromatic heterocycles. The molecule has 0 radical (unpaired) electrons. The Kier molecular flexibility index (Phi) is 4.50. The fraction of sp³-hybridized carbons (Fsp3) is 0.438. The Morgan fingerprint density at radius 3 is 3.00 bits per heavy atom. The maximum absolute atomic E-state index is 12.2. The molecule has 1 aliphatic carbocycles. The minimum atomic E-state index is -0.306. The second-order valence-electron chi connectivity index (χ2n) is 5.94. The van der Waals surface area contributed by atoms with E-state index in [1.165, 1.54) is 12.0 Å². The summed E-state index contributed by atoms with van der Waals surface area (Å²) >= 11 is 7.00. The maximum atomic E-state index is 12.2. The number of anilines is 1. The number of hydrogen-bond acceptors (Lipinski definition) is 5. The second kappa shape index (κ2) is 6.41. The highest BCUT2D eigenvalue weighted by Crippen LogP contribution is 2.40. The molecule has 0 amide bonds. The first-order chi connectivity index (χ1) is 11.0. The van der Waals surface area contributed by atoms with Gasteiger partial charge in [-0.25, -0.2) is 9.48 Å². The number of carbonyl (C=O) groups is 1. The van der Waals surface area contributed by atoms with Gasteiger partial charge in [-0.3, -0.25) is 0 Å². The molecule has 0 aromatic carbocycles. The molecule has 0 bridgehead atoms. The number of carbonyl (C=O) groups excluding carboxylic acids is 1. The zero-order chi connectivity index (χ0) is 16.6. The molecule has 0 spiro atoms. The molecule has 0 unspecified atom stereocenters. The van der Waals surface area contributed by atoms with Crippen LogP contribution in [0.15, 0.2) is 12.4 Å². The summed E-state index contributed by atoms with van der Waals surface area (Å²) in [4.78, 5) is 13.5. The first-order valence-corrected chi connectivity index (χ1v) is 8.77. The highest BCUT2D eigenvalue weighted by atomic mass is 32.1. The molecule has 7 heteroatoms. The van der Waals surface area contributed by atoms with Crippen LogP contribution in [0.2, 0.25) is 0 Å². The molecule has 23 heavy (non-hydrogen) atoms. The van der Waals surface area contributed by atoms with Gasteiger partial charge in [0.25, 0.3) is 0 Å². The van der Waals surface area contributed by atoms with Gasteiger partial charge in [0.15, 0.2) is 5.11 Å². The molecule has 122 valence electrons. The van der Waals surface area contributed by atoms with Crippen LogP contribution in [0.4, 0.5) is 5.00 Å². The average molecular weight is 349 g/mol. The van der Waals surface area contributed by atoms with E-state index in [-0.39, 0.29) is 5.97 Å². The largest absolute Gasteiger partial charge is 0.465 e. The number of hydrogen-bond donors (Lipinski definition) is 1. The van der Waals surface area contributed by atoms with Gasteiger partial charge in [-0.15, -0.1) is 11.3 Å². The van der Waals surface area contributed by atoms with E-state index < -0.39 is 0 Å². The van der Waals surface area contributed by atoms with Gasteiger partial charge in [-0.2, -0.15) is 5.10 Å². The fourth-order valence-corrected chi connectivity index (χ4v) is 4.50. The Hall–Kier alpha value is -1.73. The summed E-state index contributed by atoms with van der Waals surface area (Å²) in [7, 11) is 1.41. The maximum Gasteiger partial charge on any atom is 0.341 e. The first-order valence-electron chi connectivity index (χ1n) is 7.55. The highest BCUT2D eigenvalue weighted by molar-refractivity contribution is 7.80. The molecule has 3 rings (SSSR count). The van der Waals surface area contributed by atoms with E-state index in [9.17, 15) is 4.79 Å². The molecular formula is C16H19N3O2S2. The number of rotatable bonds is 2. The van der Waals surface area contributed by atoms with Crippen LogP contribution < -0.4 is 5.32 Å². The van der Waals surface area contributed by atoms with E-state index in [2.05, 4.69) is 17.3 Å². The normalized spacial score (nSPS) is 16.7. The van der Waals surface area contributed by atoms with E-state index in [1.54, 1.807) is 22.2 Å². The van der Waals surface area contributed by atoms with E-state index in [1.807, 2.05) is 13.1 Å². The summed E-state index contributed by atoms with van der Waals surface area (Å²) < 4.78 is 6.59. The molecule has 2 aromatic rings. The average Bonchev–Trinajstić information content (AvgIpc) is 3.09. The van der Waals surface area contributed by atoms with Crippen molar-refractivity contribution in [2.24, 2.45) is 5.92 Å². The van der Waals surface area contributed by atoms with Gasteiger partial charge in [0.05, 0.1) is 18.9 Å². The van der Waals surface area contributed by atoms with Crippen LogP contribution in [-0.4, -0.2) is 28.0 Å². The second-order valence-corrected chi connectivity index (χ2v) is 7.43. The Bertz CT molecular complexity index is 763. The predicted molar refractivity (Wildman–Crippen MR) is 95.4 cm³/mol. The highest BCUT2D eigenvalue weighted by Gasteiger charge is 2.28. The van der Waals surface area contributed by atoms with E-state index in [4.69, 9.17) is 17.0 Å². The Labute approximate surface area is 144 Å². The summed E-state index contributed by atoms with van der Waals surface area (Å²) in [5.74, 6) is 0.333. The minimum Gasteiger partial charge on any atom is -0.465 e. The number of thiocarbonyl (C=S) groups is 1. The molecular weight excluding hydrogens is 330 g/mol. The summed E-state index contributed by atoms with van der Waals surface area (Å²) in [6.07, 6.45) is 6.60. The standard InChI is InChI=1S/C16H19N3O2S2/c1-9-4-5-11-12(6-9)23-14(13(11)15(20)21-3)18-16(22)19-8-10(2)7-17-19/h7-9H,4-6H2,1-3H3,(H,18,22)/t9-/m0/s1. The summed E-state index contributed by atoms with van der Waals surface area (Å²) in [6.45, 7) is 4.20. The van der Waals surface area contributed by atoms with Crippen molar-refractivity contribution >= 4 is 39.6 Å². The molecule has 0 saturated heterocycles. The van der Waals surface area contributed by atoms with Crippen LogP contribution in [0.3, 0.4) is 0 Å². The number of fused-ring (bicyclic) bond motifs is 1. The number of nitrogens with one attached hydrogen (secondary N) is 1. The van der Waals surface area contributed by atoms with E-state index in [0.717, 1.165) is 35.4 Å². The molecule has 0 aliphatic heterocycles. The third-order valence-electron chi connectivity index (χ3n) is 4.04. The lowest BCUT2D eigenvalue weighted by atomic mass is 9.88. The number of aromatic nitrogens is 2. The van der Waals surface area contributed by atoms with Gasteiger partial charge < -0.3 is 10.1 Å². The van der Waals surface area contributed by atoms with Crippen molar-refractivity contribution in [1.82, 2.24) is 9.78 Å². The predicted octanol–water partition coefficient (Wildman–Crippen LogP) is 3.41. The zero-order valence-corrected chi connectivity index (χ0v) is 15.0. The summed E-state index contributed by atoms with van der Waals surface area (Å²) in [5.41, 5.74) is 2.77. The van der Waals surface area contributed by atoms with Gasteiger partial charge in [-0.1, -0.05) is 6.92 Å². The number of nitrogens with zero attached hydrogens (tertiary/aromatic N) is 2. The number of methoxy groups -OCH3 is 1. The van der Waals surface area contributed by atoms with Gasteiger partial charge in [0, 0.05) is 11.1 Å². The number of esters is 1. The fourth-order valence-electron chi connectivity index (χ4n) is 2.84. The number of ether oxygens (including phenoxy) is 1. The van der Waals surface area contributed by atoms with Crippen LogP contribution in [0.5, 0.6) is 0 Å². The topological polar surface area (TPSA) is 56.1 Å². The lowest BCUT2D eigenvalue weighted by Crippen LogP contribution is -2.20. The third kappa shape index (κ3) is 3.16. The summed E-state index contributed by atoms with van der Waals surface area (Å²) in [6, 6.07) is 0. The van der Waals surface area contributed by atoms with Gasteiger partial charge in [0.1, 0.15) is 5.00 Å². The van der Waals surface area contributed by atoms with Crippen LogP contribution >= 0.6 is 23.6 Å². The minimum absolute atomic E-state index is 0.306. The Morgan fingerprint density at radius 2 is 2.35 bits per heavy atom. The SMILES string of the molecule is COC(=O)c1c(NC(=S)n2cc(C)cn2)sc2c1CC[C@H](C)C2. The summed E-state index contributed by atoms with van der Waals surface area (Å²) in [5, 5.41) is 8.59. The van der Waals surface area contributed by atoms with Gasteiger partial charge in [-0.05, 0) is 55.4 Å². The van der Waals surface area contributed by atoms with Crippen molar-refractivity contribution in [1.29, 1.82) is 0 Å². The van der Waals surface area contributed by atoms with Crippen LogP contribution in [0.25, 0.3) is 0 Å². The van der Waals surface area contributed by atoms with Gasteiger partial charge in [0.2, 0.25) is 0 Å². The lowest BCUT2D eigenvalue weighted by molar-refractivity contribution is 0.0601. The molecule has 2 heterocycles. The smallest absolute Gasteiger partial charge is 0.341 e. The Morgan fingerprint density at radius 1 is 1.57 bits per heavy atom. The number of aryl methyl sites for hydroxylation is 1. The van der Waals surface area contributed by atoms with Gasteiger partial charge >= 0.3 is 5.97 Å². The van der Waals surface area contributed by atoms with Crippen molar-refractivity contribution in [3.8, 4) is 0 Å². The quantitative estimate of drug-likeness (QED) is 0.665. The monoisotopic (exact) mass is 349 g/mol. The number of thiophene rings is 1. The molecule has 5 nitrogen and oxygen atoms in total. The first kappa shape index (κ1) is 16.1. The molecule has 1 N–H and O–H groups in total. The van der Waals surface area contributed by atoms with E-state index in [0.29, 0.717) is 16.6 Å². The van der Waals surface area contributed by atoms with Crippen molar-refractivity contribution in [3.05, 3.63) is 34.0 Å². The molecule has 1 atom stereocenters. The third-order valence-corrected chi connectivity index (χ3v) is 5.50. The van der Waals surface area contributed by atoms with Crippen LogP contribution in [-0.2, 0) is 17.6 Å². The van der Waals surface area contributed by atoms with E-state index >= 15 is 0 Å². The lowest BCUT2D eigenvalue weighted by Gasteiger charge is -2.18. The molecule has 1 aliphatic rings. The van der Waals surface area contributed by atoms with Crippen LogP contribution in [0, 0.1) is 12.8 Å². The van der Waals surface area contributed by atoms with Crippen LogP contribution in [0.1, 0.15) is 39.7 Å². The van der Waals surface area contributed by atoms with Crippen molar-refractivity contribution in [2.45, 2.75) is 33.1 Å². The van der Waals surface area contributed by atoms with Crippen molar-refractivity contribution in [3.63, 3.8) is 0 Å². The van der Waals surface area contributed by atoms with Crippen molar-refractivity contribution in [2.75, 3.05) is 12.4 Å². The van der Waals surface area contributed by atoms with Crippen molar-refractivity contribution < 1.29 is 9.53 Å². The molecule has 0 fully saturated rings. The molecule has 0 saturated carbocycles. The zero-order valence-electron chi connectivity index (χ0n) is 13.4.